The summed E-state index contributed by atoms with van der Waals surface area (Å²) in [5.41, 5.74) is 0.942. The third-order valence-electron chi connectivity index (χ3n) is 2.94. The predicted octanol–water partition coefficient (Wildman–Crippen LogP) is 2.11. The SMILES string of the molecule is COC(=O)c1cc(S(=O)(=O)NCCC(C)C)ccc1C. The molecule has 112 valence electrons. The standard InChI is InChI=1S/C14H21NO4S/c1-10(2)7-8-15-20(17,18)12-6-5-11(3)13(9-12)14(16)19-4/h5-6,9-10,15H,7-8H2,1-4H3. The highest BCUT2D eigenvalue weighted by Crippen LogP contribution is 2.16. The van der Waals surface area contributed by atoms with Gasteiger partial charge in [-0.2, -0.15) is 0 Å². The van der Waals surface area contributed by atoms with E-state index in [0.717, 1.165) is 6.42 Å². The van der Waals surface area contributed by atoms with Crippen LogP contribution in [0.3, 0.4) is 0 Å². The van der Waals surface area contributed by atoms with Crippen LogP contribution in [-0.4, -0.2) is 28.0 Å². The van der Waals surface area contributed by atoms with E-state index in [-0.39, 0.29) is 10.5 Å². The fourth-order valence-electron chi connectivity index (χ4n) is 1.66. The second-order valence-corrected chi connectivity index (χ2v) is 6.82. The van der Waals surface area contributed by atoms with Crippen molar-refractivity contribution in [2.45, 2.75) is 32.1 Å². The van der Waals surface area contributed by atoms with Crippen LogP contribution in [0.25, 0.3) is 0 Å². The maximum absolute atomic E-state index is 12.1. The maximum atomic E-state index is 12.1. The van der Waals surface area contributed by atoms with Crippen LogP contribution in [0, 0.1) is 12.8 Å². The van der Waals surface area contributed by atoms with E-state index in [9.17, 15) is 13.2 Å². The van der Waals surface area contributed by atoms with Crippen molar-refractivity contribution in [1.29, 1.82) is 0 Å². The molecule has 1 aromatic carbocycles. The number of nitrogens with one attached hydrogen (secondary N) is 1. The van der Waals surface area contributed by atoms with Crippen LogP contribution in [0.4, 0.5) is 0 Å². The van der Waals surface area contributed by atoms with Crippen molar-refractivity contribution in [1.82, 2.24) is 4.72 Å². The van der Waals surface area contributed by atoms with Crippen molar-refractivity contribution >= 4 is 16.0 Å². The third-order valence-corrected chi connectivity index (χ3v) is 4.40. The van der Waals surface area contributed by atoms with Gasteiger partial charge in [0.15, 0.2) is 0 Å². The van der Waals surface area contributed by atoms with Gasteiger partial charge in [0, 0.05) is 6.54 Å². The van der Waals surface area contributed by atoms with E-state index in [0.29, 0.717) is 18.0 Å². The molecule has 0 aliphatic carbocycles. The number of benzene rings is 1. The van der Waals surface area contributed by atoms with Crippen LogP contribution in [0.5, 0.6) is 0 Å². The number of carbonyl (C=O) groups excluding carboxylic acids is 1. The minimum atomic E-state index is -3.59. The Kier molecular flexibility index (Phi) is 5.71. The quantitative estimate of drug-likeness (QED) is 0.817. The minimum Gasteiger partial charge on any atom is -0.465 e. The van der Waals surface area contributed by atoms with Crippen molar-refractivity contribution in [2.75, 3.05) is 13.7 Å². The summed E-state index contributed by atoms with van der Waals surface area (Å²) in [7, 11) is -2.33. The molecule has 0 aliphatic rings. The molecule has 1 rings (SSSR count). The first kappa shape index (κ1) is 16.7. The number of hydrogen-bond acceptors (Lipinski definition) is 4. The molecule has 0 fully saturated rings. The van der Waals surface area contributed by atoms with Gasteiger partial charge in [0.1, 0.15) is 0 Å². The third kappa shape index (κ3) is 4.31. The van der Waals surface area contributed by atoms with Gasteiger partial charge in [-0.1, -0.05) is 19.9 Å². The van der Waals surface area contributed by atoms with Gasteiger partial charge in [-0.3, -0.25) is 0 Å². The highest BCUT2D eigenvalue weighted by atomic mass is 32.2. The summed E-state index contributed by atoms with van der Waals surface area (Å²) in [6.07, 6.45) is 0.759. The molecule has 0 saturated carbocycles. The van der Waals surface area contributed by atoms with E-state index in [4.69, 9.17) is 0 Å². The first-order valence-electron chi connectivity index (χ1n) is 6.46. The molecule has 0 heterocycles. The first-order valence-corrected chi connectivity index (χ1v) is 7.95. The molecular formula is C14H21NO4S. The Labute approximate surface area is 120 Å². The Morgan fingerprint density at radius 2 is 2.00 bits per heavy atom. The highest BCUT2D eigenvalue weighted by molar-refractivity contribution is 7.89. The molecule has 1 aromatic rings. The summed E-state index contributed by atoms with van der Waals surface area (Å²) in [6, 6.07) is 4.43. The molecule has 0 aromatic heterocycles. The number of methoxy groups -OCH3 is 1. The largest absolute Gasteiger partial charge is 0.465 e. The van der Waals surface area contributed by atoms with Gasteiger partial charge in [0.2, 0.25) is 10.0 Å². The molecule has 1 N–H and O–H groups in total. The number of hydrogen-bond donors (Lipinski definition) is 1. The molecule has 6 heteroatoms. The summed E-state index contributed by atoms with van der Waals surface area (Å²) >= 11 is 0. The van der Waals surface area contributed by atoms with Gasteiger partial charge in [0.05, 0.1) is 17.6 Å². The molecule has 0 saturated heterocycles. The Balaban J connectivity index is 2.98. The molecule has 0 spiro atoms. The monoisotopic (exact) mass is 299 g/mol. The number of rotatable bonds is 6. The van der Waals surface area contributed by atoms with E-state index in [1.807, 2.05) is 13.8 Å². The fourth-order valence-corrected chi connectivity index (χ4v) is 2.74. The van der Waals surface area contributed by atoms with Crippen LogP contribution in [0.1, 0.15) is 36.2 Å². The Bertz CT molecular complexity index is 579. The summed E-state index contributed by atoms with van der Waals surface area (Å²) in [6.45, 7) is 6.15. The molecule has 0 amide bonds. The van der Waals surface area contributed by atoms with Crippen LogP contribution in [0.15, 0.2) is 23.1 Å². The molecule has 0 atom stereocenters. The number of sulfonamides is 1. The zero-order chi connectivity index (χ0) is 15.3. The topological polar surface area (TPSA) is 72.5 Å². The van der Waals surface area contributed by atoms with Gasteiger partial charge in [-0.15, -0.1) is 0 Å². The van der Waals surface area contributed by atoms with Crippen LogP contribution in [0.2, 0.25) is 0 Å². The molecule has 5 nitrogen and oxygen atoms in total. The average Bonchev–Trinajstić information content (AvgIpc) is 2.37. The summed E-state index contributed by atoms with van der Waals surface area (Å²) in [5, 5.41) is 0. The zero-order valence-electron chi connectivity index (χ0n) is 12.3. The van der Waals surface area contributed by atoms with E-state index < -0.39 is 16.0 Å². The fraction of sp³-hybridized carbons (Fsp3) is 0.500. The smallest absolute Gasteiger partial charge is 0.338 e. The molecule has 0 radical (unpaired) electrons. The Morgan fingerprint density at radius 3 is 2.55 bits per heavy atom. The second-order valence-electron chi connectivity index (χ2n) is 5.05. The maximum Gasteiger partial charge on any atom is 0.338 e. The highest BCUT2D eigenvalue weighted by Gasteiger charge is 2.18. The van der Waals surface area contributed by atoms with Crippen molar-refractivity contribution in [3.8, 4) is 0 Å². The van der Waals surface area contributed by atoms with Crippen LogP contribution in [-0.2, 0) is 14.8 Å². The molecular weight excluding hydrogens is 278 g/mol. The lowest BCUT2D eigenvalue weighted by molar-refractivity contribution is 0.0599. The number of ether oxygens (including phenoxy) is 1. The lowest BCUT2D eigenvalue weighted by Gasteiger charge is -2.10. The van der Waals surface area contributed by atoms with Gasteiger partial charge in [0.25, 0.3) is 0 Å². The average molecular weight is 299 g/mol. The first-order chi connectivity index (χ1) is 9.27. The predicted molar refractivity (Wildman–Crippen MR) is 77.2 cm³/mol. The molecule has 20 heavy (non-hydrogen) atoms. The minimum absolute atomic E-state index is 0.0762. The van der Waals surface area contributed by atoms with Crippen molar-refractivity contribution in [3.05, 3.63) is 29.3 Å². The van der Waals surface area contributed by atoms with Gasteiger partial charge in [-0.25, -0.2) is 17.9 Å². The van der Waals surface area contributed by atoms with Gasteiger partial charge < -0.3 is 4.74 Å². The van der Waals surface area contributed by atoms with Crippen molar-refractivity contribution in [3.63, 3.8) is 0 Å². The Morgan fingerprint density at radius 1 is 1.35 bits per heavy atom. The van der Waals surface area contributed by atoms with Gasteiger partial charge in [-0.05, 0) is 37.0 Å². The molecule has 0 bridgehead atoms. The van der Waals surface area contributed by atoms with E-state index in [1.54, 1.807) is 13.0 Å². The number of carbonyl (C=O) groups is 1. The lowest BCUT2D eigenvalue weighted by atomic mass is 10.1. The number of esters is 1. The Hall–Kier alpha value is -1.40. The van der Waals surface area contributed by atoms with E-state index >= 15 is 0 Å². The van der Waals surface area contributed by atoms with Crippen molar-refractivity contribution < 1.29 is 17.9 Å². The summed E-state index contributed by atoms with van der Waals surface area (Å²) in [4.78, 5) is 11.7. The van der Waals surface area contributed by atoms with Gasteiger partial charge >= 0.3 is 5.97 Å². The van der Waals surface area contributed by atoms with Crippen LogP contribution < -0.4 is 4.72 Å². The summed E-state index contributed by atoms with van der Waals surface area (Å²) in [5.74, 6) is -0.122. The molecule has 0 aliphatic heterocycles. The molecule has 0 unspecified atom stereocenters. The van der Waals surface area contributed by atoms with E-state index in [1.165, 1.54) is 19.2 Å². The normalized spacial score (nSPS) is 11.7. The second kappa shape index (κ2) is 6.85. The van der Waals surface area contributed by atoms with Crippen LogP contribution >= 0.6 is 0 Å². The van der Waals surface area contributed by atoms with Crippen molar-refractivity contribution in [2.24, 2.45) is 5.92 Å². The zero-order valence-corrected chi connectivity index (χ0v) is 13.1. The summed E-state index contributed by atoms with van der Waals surface area (Å²) < 4.78 is 31.4. The number of aryl methyl sites for hydroxylation is 1. The lowest BCUT2D eigenvalue weighted by Crippen LogP contribution is -2.26. The van der Waals surface area contributed by atoms with E-state index in [2.05, 4.69) is 9.46 Å².